The third-order valence-electron chi connectivity index (χ3n) is 3.81. The van der Waals surface area contributed by atoms with Crippen molar-refractivity contribution in [3.8, 4) is 0 Å². The molecule has 1 heterocycles. The largest absolute Gasteiger partial charge is 0.374 e. The number of hydrogen-bond acceptors (Lipinski definition) is 4. The van der Waals surface area contributed by atoms with Crippen molar-refractivity contribution in [2.75, 3.05) is 25.1 Å². The SMILES string of the molecule is CCOCc1nc(Cl)cc(N(C)CC2CCCCC2)n1. The molecule has 1 aromatic heterocycles. The van der Waals surface area contributed by atoms with E-state index in [0.717, 1.165) is 18.3 Å². The Hall–Kier alpha value is -0.870. The van der Waals surface area contributed by atoms with Crippen molar-refractivity contribution in [3.05, 3.63) is 17.0 Å². The van der Waals surface area contributed by atoms with E-state index in [-0.39, 0.29) is 0 Å². The minimum Gasteiger partial charge on any atom is -0.374 e. The van der Waals surface area contributed by atoms with Crippen LogP contribution in [0.4, 0.5) is 5.82 Å². The molecule has 0 aliphatic heterocycles. The summed E-state index contributed by atoms with van der Waals surface area (Å²) in [7, 11) is 2.08. The maximum Gasteiger partial charge on any atom is 0.158 e. The molecule has 0 N–H and O–H groups in total. The maximum absolute atomic E-state index is 6.08. The van der Waals surface area contributed by atoms with Crippen LogP contribution in [0.25, 0.3) is 0 Å². The highest BCUT2D eigenvalue weighted by molar-refractivity contribution is 6.29. The van der Waals surface area contributed by atoms with Crippen LogP contribution in [-0.4, -0.2) is 30.2 Å². The van der Waals surface area contributed by atoms with E-state index in [1.165, 1.54) is 32.1 Å². The smallest absolute Gasteiger partial charge is 0.158 e. The van der Waals surface area contributed by atoms with E-state index < -0.39 is 0 Å². The number of anilines is 1. The molecule has 1 aliphatic rings. The lowest BCUT2D eigenvalue weighted by atomic mass is 9.89. The van der Waals surface area contributed by atoms with Crippen LogP contribution in [-0.2, 0) is 11.3 Å². The minimum atomic E-state index is 0.418. The van der Waals surface area contributed by atoms with E-state index in [0.29, 0.717) is 24.2 Å². The zero-order chi connectivity index (χ0) is 14.4. The minimum absolute atomic E-state index is 0.418. The molecule has 1 aromatic rings. The summed E-state index contributed by atoms with van der Waals surface area (Å²) in [5.41, 5.74) is 0. The second kappa shape index (κ2) is 7.79. The van der Waals surface area contributed by atoms with Crippen molar-refractivity contribution in [2.45, 2.75) is 45.6 Å². The molecule has 20 heavy (non-hydrogen) atoms. The van der Waals surface area contributed by atoms with E-state index in [9.17, 15) is 0 Å². The Kier molecular flexibility index (Phi) is 6.05. The van der Waals surface area contributed by atoms with Gasteiger partial charge in [0.2, 0.25) is 0 Å². The van der Waals surface area contributed by atoms with Gasteiger partial charge in [0.05, 0.1) is 0 Å². The summed E-state index contributed by atoms with van der Waals surface area (Å²) in [5.74, 6) is 2.33. The van der Waals surface area contributed by atoms with Crippen LogP contribution in [0.5, 0.6) is 0 Å². The molecule has 4 nitrogen and oxygen atoms in total. The van der Waals surface area contributed by atoms with Gasteiger partial charge in [-0.3, -0.25) is 0 Å². The third kappa shape index (κ3) is 4.60. The Balaban J connectivity index is 2.00. The zero-order valence-electron chi connectivity index (χ0n) is 12.4. The summed E-state index contributed by atoms with van der Waals surface area (Å²) in [6.45, 7) is 4.08. The summed E-state index contributed by atoms with van der Waals surface area (Å²) in [6, 6.07) is 1.83. The number of ether oxygens (including phenoxy) is 1. The quantitative estimate of drug-likeness (QED) is 0.751. The van der Waals surface area contributed by atoms with Gasteiger partial charge in [0.15, 0.2) is 5.82 Å². The molecule has 0 amide bonds. The molecule has 5 heteroatoms. The second-order valence-electron chi connectivity index (χ2n) is 5.49. The summed E-state index contributed by atoms with van der Waals surface area (Å²) >= 11 is 6.08. The first-order chi connectivity index (χ1) is 9.69. The Morgan fingerprint density at radius 2 is 2.05 bits per heavy atom. The van der Waals surface area contributed by atoms with Crippen LogP contribution < -0.4 is 4.90 Å². The second-order valence-corrected chi connectivity index (χ2v) is 5.87. The first-order valence-electron chi connectivity index (χ1n) is 7.51. The molecule has 0 unspecified atom stereocenters. The van der Waals surface area contributed by atoms with Crippen LogP contribution in [0.3, 0.4) is 0 Å². The van der Waals surface area contributed by atoms with E-state index >= 15 is 0 Å². The van der Waals surface area contributed by atoms with Crippen molar-refractivity contribution in [2.24, 2.45) is 5.92 Å². The van der Waals surface area contributed by atoms with Gasteiger partial charge in [-0.15, -0.1) is 0 Å². The average Bonchev–Trinajstić information content (AvgIpc) is 2.45. The van der Waals surface area contributed by atoms with Gasteiger partial charge in [-0.25, -0.2) is 9.97 Å². The van der Waals surface area contributed by atoms with E-state index in [1.54, 1.807) is 0 Å². The number of rotatable bonds is 6. The summed E-state index contributed by atoms with van der Waals surface area (Å²) in [4.78, 5) is 10.9. The van der Waals surface area contributed by atoms with Gasteiger partial charge < -0.3 is 9.64 Å². The van der Waals surface area contributed by atoms with Crippen LogP contribution >= 0.6 is 11.6 Å². The van der Waals surface area contributed by atoms with Gasteiger partial charge >= 0.3 is 0 Å². The number of hydrogen-bond donors (Lipinski definition) is 0. The molecule has 1 saturated carbocycles. The molecule has 0 atom stereocenters. The van der Waals surface area contributed by atoms with Crippen LogP contribution in [0, 0.1) is 5.92 Å². The lowest BCUT2D eigenvalue weighted by molar-refractivity contribution is 0.128. The van der Waals surface area contributed by atoms with Crippen LogP contribution in [0.1, 0.15) is 44.9 Å². The number of aromatic nitrogens is 2. The van der Waals surface area contributed by atoms with E-state index in [1.807, 2.05) is 13.0 Å². The van der Waals surface area contributed by atoms with E-state index in [2.05, 4.69) is 21.9 Å². The fraction of sp³-hybridized carbons (Fsp3) is 0.733. The number of nitrogens with zero attached hydrogens (tertiary/aromatic N) is 3. The van der Waals surface area contributed by atoms with Crippen molar-refractivity contribution in [1.82, 2.24) is 9.97 Å². The molecule has 2 rings (SSSR count). The first-order valence-corrected chi connectivity index (χ1v) is 7.89. The highest BCUT2D eigenvalue weighted by atomic mass is 35.5. The van der Waals surface area contributed by atoms with Crippen LogP contribution in [0.2, 0.25) is 5.15 Å². The molecule has 0 bridgehead atoms. The Morgan fingerprint density at radius 1 is 1.30 bits per heavy atom. The molecule has 1 fully saturated rings. The summed E-state index contributed by atoms with van der Waals surface area (Å²) in [6.07, 6.45) is 6.76. The van der Waals surface area contributed by atoms with Crippen molar-refractivity contribution in [1.29, 1.82) is 0 Å². The molecule has 0 aromatic carbocycles. The Labute approximate surface area is 126 Å². The predicted octanol–water partition coefficient (Wildman–Crippen LogP) is 3.68. The molecule has 0 saturated heterocycles. The fourth-order valence-electron chi connectivity index (χ4n) is 2.76. The van der Waals surface area contributed by atoms with Gasteiger partial charge in [0.1, 0.15) is 17.6 Å². The highest BCUT2D eigenvalue weighted by Gasteiger charge is 2.17. The molecule has 112 valence electrons. The van der Waals surface area contributed by atoms with Crippen LogP contribution in [0.15, 0.2) is 6.07 Å². The number of halogens is 1. The molecular formula is C15H24ClN3O. The highest BCUT2D eigenvalue weighted by Crippen LogP contribution is 2.26. The average molecular weight is 298 g/mol. The first kappa shape index (κ1) is 15.5. The Morgan fingerprint density at radius 3 is 2.75 bits per heavy atom. The normalized spacial score (nSPS) is 16.4. The molecule has 0 spiro atoms. The topological polar surface area (TPSA) is 38.2 Å². The van der Waals surface area contributed by atoms with Crippen molar-refractivity contribution in [3.63, 3.8) is 0 Å². The standard InChI is InChI=1S/C15H24ClN3O/c1-3-20-11-14-17-13(16)9-15(18-14)19(2)10-12-7-5-4-6-8-12/h9,12H,3-8,10-11H2,1-2H3. The van der Waals surface area contributed by atoms with Crippen molar-refractivity contribution >= 4 is 17.4 Å². The summed E-state index contributed by atoms with van der Waals surface area (Å²) < 4.78 is 5.36. The molecular weight excluding hydrogens is 274 g/mol. The molecule has 1 aliphatic carbocycles. The zero-order valence-corrected chi connectivity index (χ0v) is 13.2. The van der Waals surface area contributed by atoms with Crippen molar-refractivity contribution < 1.29 is 4.74 Å². The maximum atomic E-state index is 6.08. The van der Waals surface area contributed by atoms with Gasteiger partial charge in [-0.1, -0.05) is 30.9 Å². The molecule has 0 radical (unpaired) electrons. The lowest BCUT2D eigenvalue weighted by Gasteiger charge is -2.27. The van der Waals surface area contributed by atoms with Gasteiger partial charge in [-0.2, -0.15) is 0 Å². The summed E-state index contributed by atoms with van der Waals surface area (Å²) in [5, 5.41) is 0.486. The third-order valence-corrected chi connectivity index (χ3v) is 4.00. The monoisotopic (exact) mass is 297 g/mol. The Bertz CT molecular complexity index is 422. The predicted molar refractivity (Wildman–Crippen MR) is 82.2 cm³/mol. The fourth-order valence-corrected chi connectivity index (χ4v) is 2.95. The van der Waals surface area contributed by atoms with E-state index in [4.69, 9.17) is 16.3 Å². The van der Waals surface area contributed by atoms with Gasteiger partial charge in [0.25, 0.3) is 0 Å². The van der Waals surface area contributed by atoms with Gasteiger partial charge in [-0.05, 0) is 25.7 Å². The van der Waals surface area contributed by atoms with Gasteiger partial charge in [0, 0.05) is 26.3 Å². The lowest BCUT2D eigenvalue weighted by Crippen LogP contribution is -2.27.